The van der Waals surface area contributed by atoms with Crippen LogP contribution in [0.4, 0.5) is 0 Å². The lowest BCUT2D eigenvalue weighted by molar-refractivity contribution is 0.0301. The second-order valence-corrected chi connectivity index (χ2v) is 7.06. The number of thiophene rings is 1. The molecule has 5 nitrogen and oxygen atoms in total. The van der Waals surface area contributed by atoms with Crippen LogP contribution in [0.25, 0.3) is 0 Å². The lowest BCUT2D eigenvalue weighted by Crippen LogP contribution is -2.40. The molecule has 0 radical (unpaired) electrons. The van der Waals surface area contributed by atoms with Crippen molar-refractivity contribution in [3.8, 4) is 0 Å². The van der Waals surface area contributed by atoms with Crippen molar-refractivity contribution in [3.05, 3.63) is 22.4 Å². The van der Waals surface area contributed by atoms with E-state index in [4.69, 9.17) is 4.74 Å². The third-order valence-corrected chi connectivity index (χ3v) is 4.12. The molecular formula is C17H31N3O2S. The molecule has 1 aromatic rings. The first kappa shape index (κ1) is 19.9. The molecule has 0 aromatic carbocycles. The summed E-state index contributed by atoms with van der Waals surface area (Å²) in [5.74, 6) is 1.30. The van der Waals surface area contributed by atoms with Crippen molar-refractivity contribution in [3.63, 3.8) is 0 Å². The van der Waals surface area contributed by atoms with Crippen molar-refractivity contribution in [2.45, 2.75) is 33.3 Å². The summed E-state index contributed by atoms with van der Waals surface area (Å²) in [7, 11) is 2.02. The maximum absolute atomic E-state index is 9.96. The molecule has 6 heteroatoms. The molecule has 0 saturated carbocycles. The molecule has 0 aliphatic carbocycles. The topological polar surface area (TPSA) is 57.1 Å². The van der Waals surface area contributed by atoms with Gasteiger partial charge in [-0.05, 0) is 30.7 Å². The monoisotopic (exact) mass is 341 g/mol. The number of aliphatic hydroxyl groups is 1. The summed E-state index contributed by atoms with van der Waals surface area (Å²) in [5.41, 5.74) is 0. The van der Waals surface area contributed by atoms with Gasteiger partial charge in [-0.1, -0.05) is 19.9 Å². The maximum Gasteiger partial charge on any atom is 0.193 e. The van der Waals surface area contributed by atoms with Crippen LogP contribution in [0.1, 0.15) is 25.6 Å². The Morgan fingerprint density at radius 1 is 1.43 bits per heavy atom. The number of aliphatic hydroxyl groups excluding tert-OH is 1. The fraction of sp³-hybridized carbons (Fsp3) is 0.706. The second kappa shape index (κ2) is 11.4. The standard InChI is InChI=1S/C17H31N3O2S/c1-5-18-17(19-11-15(21)13-22-12-14(2)3)20(4)9-8-16-7-6-10-23-16/h6-7,10,14-15,21H,5,8-9,11-13H2,1-4H3,(H,18,19). The molecule has 2 N–H and O–H groups in total. The number of rotatable bonds is 10. The second-order valence-electron chi connectivity index (χ2n) is 6.03. The molecule has 0 saturated heterocycles. The predicted molar refractivity (Wildman–Crippen MR) is 98.3 cm³/mol. The van der Waals surface area contributed by atoms with Crippen LogP contribution in [0.3, 0.4) is 0 Å². The molecule has 0 aliphatic rings. The summed E-state index contributed by atoms with van der Waals surface area (Å²) in [6, 6.07) is 4.23. The molecule has 23 heavy (non-hydrogen) atoms. The average molecular weight is 342 g/mol. The van der Waals surface area contributed by atoms with Crippen LogP contribution in [0.2, 0.25) is 0 Å². The molecule has 0 aliphatic heterocycles. The summed E-state index contributed by atoms with van der Waals surface area (Å²) in [4.78, 5) is 7.99. The minimum atomic E-state index is -0.562. The normalized spacial score (nSPS) is 13.4. The average Bonchev–Trinajstić information content (AvgIpc) is 3.02. The number of likely N-dealkylation sites (N-methyl/N-ethyl adjacent to an activating group) is 1. The molecule has 132 valence electrons. The zero-order valence-electron chi connectivity index (χ0n) is 14.8. The van der Waals surface area contributed by atoms with Crippen LogP contribution in [0, 0.1) is 5.92 Å². The highest BCUT2D eigenvalue weighted by Gasteiger charge is 2.09. The van der Waals surface area contributed by atoms with Gasteiger partial charge in [0, 0.05) is 31.6 Å². The number of ether oxygens (including phenoxy) is 1. The van der Waals surface area contributed by atoms with E-state index in [1.807, 2.05) is 14.0 Å². The van der Waals surface area contributed by atoms with E-state index in [9.17, 15) is 5.11 Å². The van der Waals surface area contributed by atoms with Crippen LogP contribution in [0.5, 0.6) is 0 Å². The number of hydrogen-bond donors (Lipinski definition) is 2. The van der Waals surface area contributed by atoms with Gasteiger partial charge in [-0.2, -0.15) is 0 Å². The van der Waals surface area contributed by atoms with E-state index in [1.165, 1.54) is 4.88 Å². The van der Waals surface area contributed by atoms with Gasteiger partial charge in [0.05, 0.1) is 19.3 Å². The Hall–Kier alpha value is -1.11. The minimum absolute atomic E-state index is 0.333. The largest absolute Gasteiger partial charge is 0.389 e. The number of nitrogens with zero attached hydrogens (tertiary/aromatic N) is 2. The molecule has 1 aromatic heterocycles. The van der Waals surface area contributed by atoms with Crippen LogP contribution in [-0.4, -0.2) is 62.0 Å². The quantitative estimate of drug-likeness (QED) is 0.506. The molecule has 0 spiro atoms. The van der Waals surface area contributed by atoms with Crippen LogP contribution < -0.4 is 5.32 Å². The number of hydrogen-bond acceptors (Lipinski definition) is 4. The van der Waals surface area contributed by atoms with E-state index in [2.05, 4.69) is 46.6 Å². The van der Waals surface area contributed by atoms with Gasteiger partial charge >= 0.3 is 0 Å². The Labute approximate surface area is 144 Å². The zero-order chi connectivity index (χ0) is 17.1. The first-order valence-electron chi connectivity index (χ1n) is 8.30. The number of aliphatic imine (C=N–C) groups is 1. The number of guanidine groups is 1. The van der Waals surface area contributed by atoms with E-state index in [0.29, 0.717) is 25.7 Å². The van der Waals surface area contributed by atoms with Gasteiger partial charge in [0.1, 0.15) is 0 Å². The van der Waals surface area contributed by atoms with Crippen LogP contribution >= 0.6 is 11.3 Å². The summed E-state index contributed by atoms with van der Waals surface area (Å²) >= 11 is 1.78. The highest BCUT2D eigenvalue weighted by molar-refractivity contribution is 7.09. The first-order valence-corrected chi connectivity index (χ1v) is 9.18. The van der Waals surface area contributed by atoms with E-state index < -0.39 is 6.10 Å². The SMILES string of the molecule is CCNC(=NCC(O)COCC(C)C)N(C)CCc1cccs1. The summed E-state index contributed by atoms with van der Waals surface area (Å²) < 4.78 is 5.45. The Morgan fingerprint density at radius 2 is 2.22 bits per heavy atom. The van der Waals surface area contributed by atoms with Crippen LogP contribution in [-0.2, 0) is 11.2 Å². The molecule has 0 fully saturated rings. The van der Waals surface area contributed by atoms with Crippen molar-refractivity contribution < 1.29 is 9.84 Å². The molecule has 1 rings (SSSR count). The maximum atomic E-state index is 9.96. The van der Waals surface area contributed by atoms with Crippen molar-refractivity contribution in [1.29, 1.82) is 0 Å². The Bertz CT molecular complexity index is 435. The third kappa shape index (κ3) is 8.93. The summed E-state index contributed by atoms with van der Waals surface area (Å²) in [6.07, 6.45) is 0.437. The lowest BCUT2D eigenvalue weighted by Gasteiger charge is -2.22. The van der Waals surface area contributed by atoms with Gasteiger partial charge < -0.3 is 20.1 Å². The zero-order valence-corrected chi connectivity index (χ0v) is 15.6. The van der Waals surface area contributed by atoms with Gasteiger partial charge in [-0.3, -0.25) is 4.99 Å². The molecule has 1 atom stereocenters. The molecule has 1 unspecified atom stereocenters. The van der Waals surface area contributed by atoms with Crippen LogP contribution in [0.15, 0.2) is 22.5 Å². The smallest absolute Gasteiger partial charge is 0.193 e. The van der Waals surface area contributed by atoms with E-state index in [0.717, 1.165) is 25.5 Å². The Balaban J connectivity index is 2.41. The Morgan fingerprint density at radius 3 is 2.83 bits per heavy atom. The van der Waals surface area contributed by atoms with Crippen molar-refractivity contribution in [2.75, 3.05) is 39.9 Å². The third-order valence-electron chi connectivity index (χ3n) is 3.18. The predicted octanol–water partition coefficient (Wildman–Crippen LogP) is 2.22. The van der Waals surface area contributed by atoms with Crippen molar-refractivity contribution >= 4 is 17.3 Å². The van der Waals surface area contributed by atoms with Gasteiger partial charge in [0.25, 0.3) is 0 Å². The highest BCUT2D eigenvalue weighted by atomic mass is 32.1. The number of nitrogens with one attached hydrogen (secondary N) is 1. The molecule has 0 amide bonds. The first-order chi connectivity index (χ1) is 11.0. The van der Waals surface area contributed by atoms with Gasteiger partial charge in [-0.15, -0.1) is 11.3 Å². The van der Waals surface area contributed by atoms with Crippen molar-refractivity contribution in [2.24, 2.45) is 10.9 Å². The van der Waals surface area contributed by atoms with Gasteiger partial charge in [0.15, 0.2) is 5.96 Å². The van der Waals surface area contributed by atoms with E-state index >= 15 is 0 Å². The van der Waals surface area contributed by atoms with Gasteiger partial charge in [0.2, 0.25) is 0 Å². The fourth-order valence-corrected chi connectivity index (χ4v) is 2.69. The van der Waals surface area contributed by atoms with Gasteiger partial charge in [-0.25, -0.2) is 0 Å². The molecular weight excluding hydrogens is 310 g/mol. The summed E-state index contributed by atoms with van der Waals surface area (Å²) in [6.45, 7) is 9.29. The summed E-state index contributed by atoms with van der Waals surface area (Å²) in [5, 5.41) is 15.3. The Kier molecular flexibility index (Phi) is 9.91. The minimum Gasteiger partial charge on any atom is -0.389 e. The highest BCUT2D eigenvalue weighted by Crippen LogP contribution is 2.09. The van der Waals surface area contributed by atoms with Crippen molar-refractivity contribution in [1.82, 2.24) is 10.2 Å². The van der Waals surface area contributed by atoms with E-state index in [1.54, 1.807) is 11.3 Å². The lowest BCUT2D eigenvalue weighted by atomic mass is 10.2. The molecule has 0 bridgehead atoms. The van der Waals surface area contributed by atoms with E-state index in [-0.39, 0.29) is 0 Å². The fourth-order valence-electron chi connectivity index (χ4n) is 1.99. The molecule has 1 heterocycles.